The Hall–Kier alpha value is -1.99. The second-order valence-corrected chi connectivity index (χ2v) is 6.30. The molecule has 0 amide bonds. The Bertz CT molecular complexity index is 657. The zero-order chi connectivity index (χ0) is 16.9. The second-order valence-electron chi connectivity index (χ2n) is 6.30. The lowest BCUT2D eigenvalue weighted by atomic mass is 10.1. The summed E-state index contributed by atoms with van der Waals surface area (Å²) in [5.41, 5.74) is 3.39. The highest BCUT2D eigenvalue weighted by Crippen LogP contribution is 2.22. The first-order valence-electron chi connectivity index (χ1n) is 8.59. The van der Waals surface area contributed by atoms with E-state index in [-0.39, 0.29) is 6.61 Å². The van der Waals surface area contributed by atoms with Crippen molar-refractivity contribution in [1.82, 2.24) is 25.3 Å². The number of rotatable bonds is 7. The van der Waals surface area contributed by atoms with Gasteiger partial charge in [-0.15, -0.1) is 5.10 Å². The molecule has 7 nitrogen and oxygen atoms in total. The van der Waals surface area contributed by atoms with Gasteiger partial charge in [0.1, 0.15) is 0 Å². The van der Waals surface area contributed by atoms with Gasteiger partial charge in [-0.25, -0.2) is 0 Å². The Balaban J connectivity index is 1.58. The smallest absolute Gasteiger partial charge is 0.151 e. The van der Waals surface area contributed by atoms with E-state index in [0.29, 0.717) is 12.6 Å². The quantitative estimate of drug-likeness (QED) is 0.790. The summed E-state index contributed by atoms with van der Waals surface area (Å²) >= 11 is 0. The third-order valence-corrected chi connectivity index (χ3v) is 4.75. The Kier molecular flexibility index (Phi) is 5.42. The molecule has 7 heteroatoms. The van der Waals surface area contributed by atoms with Crippen molar-refractivity contribution in [3.63, 3.8) is 0 Å². The van der Waals surface area contributed by atoms with Crippen LogP contribution in [0.1, 0.15) is 29.8 Å². The van der Waals surface area contributed by atoms with Crippen LogP contribution in [0.25, 0.3) is 0 Å². The molecule has 0 aromatic carbocycles. The molecule has 2 N–H and O–H groups in total. The van der Waals surface area contributed by atoms with Crippen LogP contribution in [0.2, 0.25) is 0 Å². The van der Waals surface area contributed by atoms with Crippen LogP contribution in [0.15, 0.2) is 18.3 Å². The maximum Gasteiger partial charge on any atom is 0.151 e. The average Bonchev–Trinajstić information content (AvgIpc) is 3.16. The van der Waals surface area contributed by atoms with Gasteiger partial charge in [-0.05, 0) is 38.8 Å². The Morgan fingerprint density at radius 1 is 1.38 bits per heavy atom. The molecule has 0 unspecified atom stereocenters. The molecule has 2 aromatic rings. The Morgan fingerprint density at radius 2 is 2.25 bits per heavy atom. The topological polar surface area (TPSA) is 79.1 Å². The zero-order valence-electron chi connectivity index (χ0n) is 14.4. The molecule has 3 heterocycles. The summed E-state index contributed by atoms with van der Waals surface area (Å²) in [4.78, 5) is 2.34. The molecule has 0 aliphatic carbocycles. The summed E-state index contributed by atoms with van der Waals surface area (Å²) in [5.74, 6) is 0.963. The third-order valence-electron chi connectivity index (χ3n) is 4.75. The highest BCUT2D eigenvalue weighted by atomic mass is 16.3. The van der Waals surface area contributed by atoms with Crippen molar-refractivity contribution >= 4 is 5.82 Å². The fourth-order valence-corrected chi connectivity index (χ4v) is 3.46. The number of aromatic nitrogens is 4. The summed E-state index contributed by atoms with van der Waals surface area (Å²) in [5, 5.41) is 25.4. The van der Waals surface area contributed by atoms with Crippen LogP contribution in [0.3, 0.4) is 0 Å². The molecule has 2 aromatic heterocycles. The van der Waals surface area contributed by atoms with Gasteiger partial charge in [0.25, 0.3) is 0 Å². The number of hydrogen-bond acceptors (Lipinski definition) is 6. The van der Waals surface area contributed by atoms with E-state index in [1.165, 1.54) is 18.4 Å². The standard InChI is InChI=1S/C17H26N6O/c1-13-16(14(2)23(21-13)9-10-24)12-18-11-15-5-4-8-22(15)17-6-3-7-19-20-17/h3,6-7,15,18,24H,4-5,8-12H2,1-2H3/t15-/m0/s1. The van der Waals surface area contributed by atoms with Crippen LogP contribution in [0.5, 0.6) is 0 Å². The molecule has 0 saturated carbocycles. The molecular weight excluding hydrogens is 304 g/mol. The lowest BCUT2D eigenvalue weighted by Crippen LogP contribution is -2.38. The number of hydrogen-bond donors (Lipinski definition) is 2. The van der Waals surface area contributed by atoms with Crippen molar-refractivity contribution in [1.29, 1.82) is 0 Å². The van der Waals surface area contributed by atoms with Gasteiger partial charge >= 0.3 is 0 Å². The maximum absolute atomic E-state index is 9.11. The summed E-state index contributed by atoms with van der Waals surface area (Å²) in [6.45, 7) is 7.51. The highest BCUT2D eigenvalue weighted by molar-refractivity contribution is 5.39. The minimum absolute atomic E-state index is 0.115. The molecule has 1 fully saturated rings. The van der Waals surface area contributed by atoms with Crippen molar-refractivity contribution < 1.29 is 5.11 Å². The van der Waals surface area contributed by atoms with E-state index in [9.17, 15) is 0 Å². The maximum atomic E-state index is 9.11. The van der Waals surface area contributed by atoms with Crippen molar-refractivity contribution in [2.24, 2.45) is 0 Å². The summed E-state index contributed by atoms with van der Waals surface area (Å²) in [6, 6.07) is 4.42. The van der Waals surface area contributed by atoms with Crippen molar-refractivity contribution in [2.75, 3.05) is 24.6 Å². The predicted molar refractivity (Wildman–Crippen MR) is 92.9 cm³/mol. The molecule has 1 aliphatic rings. The summed E-state index contributed by atoms with van der Waals surface area (Å²) < 4.78 is 1.88. The van der Waals surface area contributed by atoms with Crippen LogP contribution < -0.4 is 10.2 Å². The van der Waals surface area contributed by atoms with Crippen molar-refractivity contribution in [3.05, 3.63) is 35.3 Å². The van der Waals surface area contributed by atoms with Gasteiger partial charge in [-0.3, -0.25) is 4.68 Å². The fraction of sp³-hybridized carbons (Fsp3) is 0.588. The van der Waals surface area contributed by atoms with Crippen LogP contribution in [-0.2, 0) is 13.1 Å². The third kappa shape index (κ3) is 3.57. The molecular formula is C17H26N6O. The first-order valence-corrected chi connectivity index (χ1v) is 8.59. The molecule has 1 saturated heterocycles. The molecule has 0 radical (unpaired) electrons. The van der Waals surface area contributed by atoms with Crippen molar-refractivity contribution in [3.8, 4) is 0 Å². The van der Waals surface area contributed by atoms with Gasteiger partial charge in [0, 0.05) is 43.1 Å². The van der Waals surface area contributed by atoms with E-state index >= 15 is 0 Å². The lowest BCUT2D eigenvalue weighted by Gasteiger charge is -2.25. The molecule has 0 spiro atoms. The average molecular weight is 330 g/mol. The van der Waals surface area contributed by atoms with E-state index in [1.54, 1.807) is 6.20 Å². The number of nitrogens with one attached hydrogen (secondary N) is 1. The Morgan fingerprint density at radius 3 is 3.00 bits per heavy atom. The first-order chi connectivity index (χ1) is 11.7. The number of aliphatic hydroxyl groups is 1. The van der Waals surface area contributed by atoms with Gasteiger partial charge in [-0.2, -0.15) is 10.2 Å². The van der Waals surface area contributed by atoms with Crippen LogP contribution >= 0.6 is 0 Å². The van der Waals surface area contributed by atoms with Crippen LogP contribution in [-0.4, -0.2) is 50.8 Å². The minimum atomic E-state index is 0.115. The van der Waals surface area contributed by atoms with Gasteiger partial charge in [0.05, 0.1) is 18.8 Å². The van der Waals surface area contributed by atoms with Gasteiger partial charge in [0.2, 0.25) is 0 Å². The monoisotopic (exact) mass is 330 g/mol. The summed E-state index contributed by atoms with van der Waals surface area (Å²) in [6.07, 6.45) is 4.07. The van der Waals surface area contributed by atoms with Crippen molar-refractivity contribution in [2.45, 2.75) is 45.8 Å². The molecule has 130 valence electrons. The van der Waals surface area contributed by atoms with Crippen LogP contribution in [0, 0.1) is 13.8 Å². The van der Waals surface area contributed by atoms with E-state index in [4.69, 9.17) is 5.11 Å². The first kappa shape index (κ1) is 16.9. The Labute approximate surface area is 142 Å². The van der Waals surface area contributed by atoms with E-state index < -0.39 is 0 Å². The normalized spacial score (nSPS) is 17.6. The summed E-state index contributed by atoms with van der Waals surface area (Å²) in [7, 11) is 0. The largest absolute Gasteiger partial charge is 0.394 e. The number of aryl methyl sites for hydroxylation is 1. The molecule has 24 heavy (non-hydrogen) atoms. The molecule has 3 rings (SSSR count). The lowest BCUT2D eigenvalue weighted by molar-refractivity contribution is 0.267. The fourth-order valence-electron chi connectivity index (χ4n) is 3.46. The van der Waals surface area contributed by atoms with E-state index in [2.05, 4.69) is 32.4 Å². The zero-order valence-corrected chi connectivity index (χ0v) is 14.4. The number of anilines is 1. The molecule has 1 aliphatic heterocycles. The molecule has 0 bridgehead atoms. The number of aliphatic hydroxyl groups excluding tert-OH is 1. The van der Waals surface area contributed by atoms with Crippen LogP contribution in [0.4, 0.5) is 5.82 Å². The van der Waals surface area contributed by atoms with E-state index in [0.717, 1.165) is 36.8 Å². The number of nitrogens with zero attached hydrogens (tertiary/aromatic N) is 5. The second kappa shape index (κ2) is 7.72. The SMILES string of the molecule is Cc1nn(CCO)c(C)c1CNC[C@@H]1CCCN1c1cccnn1. The highest BCUT2D eigenvalue weighted by Gasteiger charge is 2.25. The van der Waals surface area contributed by atoms with Gasteiger partial charge in [0.15, 0.2) is 5.82 Å². The minimum Gasteiger partial charge on any atom is -0.394 e. The van der Waals surface area contributed by atoms with E-state index in [1.807, 2.05) is 23.7 Å². The molecule has 1 atom stereocenters. The van der Waals surface area contributed by atoms with Gasteiger partial charge < -0.3 is 15.3 Å². The predicted octanol–water partition coefficient (Wildman–Crippen LogP) is 1.04. The van der Waals surface area contributed by atoms with Gasteiger partial charge in [-0.1, -0.05) is 0 Å².